The molecule has 1 atom stereocenters. The van der Waals surface area contributed by atoms with Gasteiger partial charge in [-0.25, -0.2) is 0 Å². The van der Waals surface area contributed by atoms with Gasteiger partial charge in [-0.2, -0.15) is 0 Å². The molecule has 0 aromatic carbocycles. The van der Waals surface area contributed by atoms with Crippen molar-refractivity contribution in [3.63, 3.8) is 0 Å². The topological polar surface area (TPSA) is 46.3 Å². The Labute approximate surface area is 96.0 Å². The number of likely N-dealkylation sites (tertiary alicyclic amines) is 1. The predicted octanol–water partition coefficient (Wildman–Crippen LogP) is 1.45. The second-order valence-electron chi connectivity index (χ2n) is 4.65. The van der Waals surface area contributed by atoms with Gasteiger partial charge in [-0.3, -0.25) is 4.79 Å². The van der Waals surface area contributed by atoms with Crippen molar-refractivity contribution in [2.45, 2.75) is 44.6 Å². The number of carbonyl (C=O) groups excluding carboxylic acids is 1. The number of nitrogens with two attached hydrogens (primary N) is 1. The van der Waals surface area contributed by atoms with Crippen LogP contribution in [0.3, 0.4) is 0 Å². The largest absolute Gasteiger partial charge is 0.392 e. The molecule has 2 rings (SSSR count). The summed E-state index contributed by atoms with van der Waals surface area (Å²) >= 11 is 5.02. The van der Waals surface area contributed by atoms with E-state index in [4.69, 9.17) is 18.0 Å². The molecule has 84 valence electrons. The molecule has 2 aliphatic rings. The quantitative estimate of drug-likeness (QED) is 0.741. The third-order valence-electron chi connectivity index (χ3n) is 3.31. The van der Waals surface area contributed by atoms with Gasteiger partial charge in [0.05, 0.1) is 11.0 Å². The lowest BCUT2D eigenvalue weighted by Gasteiger charge is -2.35. The Morgan fingerprint density at radius 1 is 1.33 bits per heavy atom. The number of hydrogen-bond donors (Lipinski definition) is 1. The number of thiocarbonyl (C=S) groups is 1. The molecule has 2 N–H and O–H groups in total. The first-order valence-electron chi connectivity index (χ1n) is 5.77. The van der Waals surface area contributed by atoms with Gasteiger partial charge >= 0.3 is 0 Å². The maximum atomic E-state index is 12.0. The number of hydrogen-bond acceptors (Lipinski definition) is 2. The van der Waals surface area contributed by atoms with Gasteiger partial charge in [-0.1, -0.05) is 12.2 Å². The lowest BCUT2D eigenvalue weighted by Crippen LogP contribution is -2.49. The maximum absolute atomic E-state index is 12.0. The van der Waals surface area contributed by atoms with Crippen LogP contribution in [0.2, 0.25) is 0 Å². The van der Waals surface area contributed by atoms with E-state index < -0.39 is 0 Å². The molecule has 0 aromatic rings. The van der Waals surface area contributed by atoms with Crippen LogP contribution < -0.4 is 5.73 Å². The molecule has 2 fully saturated rings. The highest BCUT2D eigenvalue weighted by Crippen LogP contribution is 2.33. The molecule has 1 unspecified atom stereocenters. The summed E-state index contributed by atoms with van der Waals surface area (Å²) < 4.78 is 0. The number of rotatable bonds is 3. The summed E-state index contributed by atoms with van der Waals surface area (Å²) in [5.41, 5.74) is 5.68. The minimum Gasteiger partial charge on any atom is -0.392 e. The summed E-state index contributed by atoms with van der Waals surface area (Å²) in [6.45, 7) is 0.841. The van der Waals surface area contributed by atoms with E-state index in [1.54, 1.807) is 0 Å². The Morgan fingerprint density at radius 2 is 2.07 bits per heavy atom. The van der Waals surface area contributed by atoms with Crippen molar-refractivity contribution < 1.29 is 4.79 Å². The molecule has 0 aromatic heterocycles. The van der Waals surface area contributed by atoms with E-state index in [1.807, 2.05) is 4.90 Å². The van der Waals surface area contributed by atoms with Gasteiger partial charge in [-0.05, 0) is 38.0 Å². The van der Waals surface area contributed by atoms with Crippen LogP contribution in [-0.2, 0) is 4.79 Å². The summed E-state index contributed by atoms with van der Waals surface area (Å²) in [4.78, 5) is 14.4. The summed E-state index contributed by atoms with van der Waals surface area (Å²) in [7, 11) is 0. The van der Waals surface area contributed by atoms with Crippen LogP contribution in [0.1, 0.15) is 38.5 Å². The van der Waals surface area contributed by atoms with Crippen LogP contribution in [0.5, 0.6) is 0 Å². The standard InChI is InChI=1S/C11H18N2OS/c12-11(15)9-3-1-2-6-13(9)10(14)7-8-4-5-8/h8-9H,1-7H2,(H2,12,15). The van der Waals surface area contributed by atoms with Crippen molar-refractivity contribution in [1.29, 1.82) is 0 Å². The third-order valence-corrected chi connectivity index (χ3v) is 3.58. The highest BCUT2D eigenvalue weighted by molar-refractivity contribution is 7.80. The second kappa shape index (κ2) is 4.47. The van der Waals surface area contributed by atoms with Gasteiger partial charge in [0, 0.05) is 13.0 Å². The van der Waals surface area contributed by atoms with Crippen LogP contribution in [-0.4, -0.2) is 28.4 Å². The van der Waals surface area contributed by atoms with Crippen molar-refractivity contribution in [2.24, 2.45) is 11.7 Å². The first-order chi connectivity index (χ1) is 7.18. The average molecular weight is 226 g/mol. The molecule has 0 spiro atoms. The number of carbonyl (C=O) groups is 1. The number of piperidine rings is 1. The molecule has 4 heteroatoms. The second-order valence-corrected chi connectivity index (χ2v) is 5.12. The molecule has 1 saturated heterocycles. The van der Waals surface area contributed by atoms with Gasteiger partial charge in [0.2, 0.25) is 5.91 Å². The molecular weight excluding hydrogens is 208 g/mol. The Kier molecular flexibility index (Phi) is 3.24. The maximum Gasteiger partial charge on any atom is 0.223 e. The highest BCUT2D eigenvalue weighted by Gasteiger charge is 2.32. The first kappa shape index (κ1) is 10.9. The van der Waals surface area contributed by atoms with Crippen LogP contribution in [0.25, 0.3) is 0 Å². The normalized spacial score (nSPS) is 26.4. The van der Waals surface area contributed by atoms with Gasteiger partial charge in [0.1, 0.15) is 0 Å². The fourth-order valence-electron chi connectivity index (χ4n) is 2.21. The summed E-state index contributed by atoms with van der Waals surface area (Å²) in [5.74, 6) is 0.904. The molecular formula is C11H18N2OS. The first-order valence-corrected chi connectivity index (χ1v) is 6.18. The molecule has 0 radical (unpaired) electrons. The van der Waals surface area contributed by atoms with Crippen LogP contribution >= 0.6 is 12.2 Å². The minimum absolute atomic E-state index is 0.0278. The van der Waals surface area contributed by atoms with Crippen LogP contribution in [0, 0.1) is 5.92 Å². The monoisotopic (exact) mass is 226 g/mol. The number of amides is 1. The molecule has 1 heterocycles. The smallest absolute Gasteiger partial charge is 0.223 e. The lowest BCUT2D eigenvalue weighted by molar-refractivity contribution is -0.133. The van der Waals surface area contributed by atoms with Crippen LogP contribution in [0.15, 0.2) is 0 Å². The van der Waals surface area contributed by atoms with E-state index in [9.17, 15) is 4.79 Å². The minimum atomic E-state index is 0.0278. The van der Waals surface area contributed by atoms with Gasteiger partial charge < -0.3 is 10.6 Å². The van der Waals surface area contributed by atoms with Crippen molar-refractivity contribution in [2.75, 3.05) is 6.54 Å². The summed E-state index contributed by atoms with van der Waals surface area (Å²) in [6.07, 6.45) is 6.32. The van der Waals surface area contributed by atoms with Crippen LogP contribution in [0.4, 0.5) is 0 Å². The Bertz CT molecular complexity index is 276. The van der Waals surface area contributed by atoms with E-state index in [2.05, 4.69) is 0 Å². The van der Waals surface area contributed by atoms with Crippen molar-refractivity contribution in [1.82, 2.24) is 4.90 Å². The zero-order valence-electron chi connectivity index (χ0n) is 8.95. The van der Waals surface area contributed by atoms with E-state index in [-0.39, 0.29) is 11.9 Å². The Balaban J connectivity index is 1.96. The predicted molar refractivity (Wildman–Crippen MR) is 63.5 cm³/mol. The van der Waals surface area contributed by atoms with Gasteiger partial charge in [0.15, 0.2) is 0 Å². The molecule has 0 bridgehead atoms. The molecule has 1 saturated carbocycles. The summed E-state index contributed by atoms with van der Waals surface area (Å²) in [5, 5.41) is 0. The Morgan fingerprint density at radius 3 is 2.67 bits per heavy atom. The number of nitrogens with zero attached hydrogens (tertiary/aromatic N) is 1. The van der Waals surface area contributed by atoms with Gasteiger partial charge in [-0.15, -0.1) is 0 Å². The van der Waals surface area contributed by atoms with Crippen molar-refractivity contribution in [3.05, 3.63) is 0 Å². The summed E-state index contributed by atoms with van der Waals surface area (Å²) in [6, 6.07) is 0.0278. The van der Waals surface area contributed by atoms with Crippen molar-refractivity contribution in [3.8, 4) is 0 Å². The SMILES string of the molecule is NC(=S)C1CCCCN1C(=O)CC1CC1. The molecule has 1 aliphatic heterocycles. The Hall–Kier alpha value is -0.640. The molecule has 15 heavy (non-hydrogen) atoms. The van der Waals surface area contributed by atoms with E-state index in [1.165, 1.54) is 12.8 Å². The molecule has 1 aliphatic carbocycles. The van der Waals surface area contributed by atoms with Crippen molar-refractivity contribution >= 4 is 23.1 Å². The molecule has 3 nitrogen and oxygen atoms in total. The third kappa shape index (κ3) is 2.68. The average Bonchev–Trinajstić information content (AvgIpc) is 3.01. The van der Waals surface area contributed by atoms with E-state index in [0.717, 1.165) is 25.8 Å². The zero-order valence-corrected chi connectivity index (χ0v) is 9.76. The van der Waals surface area contributed by atoms with E-state index >= 15 is 0 Å². The lowest BCUT2D eigenvalue weighted by atomic mass is 10.0. The fourth-order valence-corrected chi connectivity index (χ4v) is 2.46. The molecule has 1 amide bonds. The van der Waals surface area contributed by atoms with E-state index in [0.29, 0.717) is 17.3 Å². The highest BCUT2D eigenvalue weighted by atomic mass is 32.1. The van der Waals surface area contributed by atoms with Gasteiger partial charge in [0.25, 0.3) is 0 Å². The fraction of sp³-hybridized carbons (Fsp3) is 0.818. The zero-order chi connectivity index (χ0) is 10.8.